The normalized spacial score (nSPS) is 13.0. The van der Waals surface area contributed by atoms with Crippen LogP contribution in [0.2, 0.25) is 0 Å². The Morgan fingerprint density at radius 2 is 1.84 bits per heavy atom. The predicted octanol–water partition coefficient (Wildman–Crippen LogP) is 4.17. The highest BCUT2D eigenvalue weighted by molar-refractivity contribution is 9.11. The lowest BCUT2D eigenvalue weighted by Gasteiger charge is -2.29. The molecule has 1 N–H and O–H groups in total. The van der Waals surface area contributed by atoms with Gasteiger partial charge in [-0.2, -0.15) is 0 Å². The van der Waals surface area contributed by atoms with Crippen molar-refractivity contribution in [2.45, 2.75) is 32.6 Å². The Labute approximate surface area is 132 Å². The van der Waals surface area contributed by atoms with E-state index in [1.807, 2.05) is 0 Å². The summed E-state index contributed by atoms with van der Waals surface area (Å²) in [5.41, 5.74) is -0.0884. The second-order valence-corrected chi connectivity index (χ2v) is 9.05. The van der Waals surface area contributed by atoms with Gasteiger partial charge in [0.1, 0.15) is 0 Å². The van der Waals surface area contributed by atoms with E-state index in [0.29, 0.717) is 16.9 Å². The van der Waals surface area contributed by atoms with Crippen LogP contribution >= 0.6 is 31.9 Å². The summed E-state index contributed by atoms with van der Waals surface area (Å²) in [6.45, 7) is 8.69. The van der Waals surface area contributed by atoms with Gasteiger partial charge >= 0.3 is 0 Å². The monoisotopic (exact) mass is 411 g/mol. The second-order valence-electron chi connectivity index (χ2n) is 5.54. The average molecular weight is 413 g/mol. The Morgan fingerprint density at radius 1 is 1.26 bits per heavy atom. The molecule has 0 aliphatic rings. The van der Waals surface area contributed by atoms with Crippen molar-refractivity contribution in [2.75, 3.05) is 6.54 Å². The van der Waals surface area contributed by atoms with Crippen LogP contribution in [0.25, 0.3) is 0 Å². The van der Waals surface area contributed by atoms with Gasteiger partial charge in [0.2, 0.25) is 10.0 Å². The molecule has 0 radical (unpaired) electrons. The Kier molecular flexibility index (Phi) is 5.63. The van der Waals surface area contributed by atoms with Crippen molar-refractivity contribution < 1.29 is 8.42 Å². The Bertz CT molecular complexity index is 554. The third-order valence-electron chi connectivity index (χ3n) is 3.46. The van der Waals surface area contributed by atoms with Crippen LogP contribution in [0.4, 0.5) is 0 Å². The van der Waals surface area contributed by atoms with Crippen molar-refractivity contribution in [3.63, 3.8) is 0 Å². The van der Waals surface area contributed by atoms with Gasteiger partial charge in [-0.3, -0.25) is 0 Å². The van der Waals surface area contributed by atoms with E-state index in [1.54, 1.807) is 18.2 Å². The SMILES string of the molecule is CC(C)C(C)(C)CNS(=O)(=O)c1ccc(Br)cc1Br. The number of hydrogen-bond donors (Lipinski definition) is 1. The van der Waals surface area contributed by atoms with Crippen molar-refractivity contribution in [2.24, 2.45) is 11.3 Å². The van der Waals surface area contributed by atoms with Crippen molar-refractivity contribution in [3.8, 4) is 0 Å². The van der Waals surface area contributed by atoms with Crippen LogP contribution in [0.15, 0.2) is 32.0 Å². The highest BCUT2D eigenvalue weighted by Crippen LogP contribution is 2.28. The Morgan fingerprint density at radius 3 is 2.32 bits per heavy atom. The van der Waals surface area contributed by atoms with Crippen LogP contribution in [-0.2, 0) is 10.0 Å². The number of sulfonamides is 1. The largest absolute Gasteiger partial charge is 0.241 e. The van der Waals surface area contributed by atoms with Crippen LogP contribution in [-0.4, -0.2) is 15.0 Å². The molecule has 0 heterocycles. The van der Waals surface area contributed by atoms with E-state index in [2.05, 4.69) is 64.3 Å². The molecule has 3 nitrogen and oxygen atoms in total. The maximum absolute atomic E-state index is 12.3. The second kappa shape index (κ2) is 6.24. The van der Waals surface area contributed by atoms with E-state index in [4.69, 9.17) is 0 Å². The molecule has 0 saturated carbocycles. The molecule has 0 spiro atoms. The van der Waals surface area contributed by atoms with Crippen molar-refractivity contribution in [1.82, 2.24) is 4.72 Å². The third kappa shape index (κ3) is 4.55. The minimum atomic E-state index is -3.49. The number of nitrogens with one attached hydrogen (secondary N) is 1. The molecule has 6 heteroatoms. The van der Waals surface area contributed by atoms with E-state index in [0.717, 1.165) is 4.47 Å². The zero-order valence-corrected chi connectivity index (χ0v) is 15.5. The fraction of sp³-hybridized carbons (Fsp3) is 0.538. The van der Waals surface area contributed by atoms with Crippen LogP contribution in [0.5, 0.6) is 0 Å². The summed E-state index contributed by atoms with van der Waals surface area (Å²) in [5.74, 6) is 0.392. The molecule has 1 aromatic carbocycles. The number of hydrogen-bond acceptors (Lipinski definition) is 2. The van der Waals surface area contributed by atoms with Gasteiger partial charge in [0, 0.05) is 15.5 Å². The van der Waals surface area contributed by atoms with Gasteiger partial charge in [0.25, 0.3) is 0 Å². The van der Waals surface area contributed by atoms with Crippen molar-refractivity contribution in [1.29, 1.82) is 0 Å². The molecule has 0 amide bonds. The zero-order chi connectivity index (χ0) is 14.8. The number of rotatable bonds is 5. The molecule has 0 aliphatic heterocycles. The first kappa shape index (κ1) is 17.1. The van der Waals surface area contributed by atoms with Crippen LogP contribution in [0.3, 0.4) is 0 Å². The molecule has 1 rings (SSSR count). The smallest absolute Gasteiger partial charge is 0.211 e. The molecule has 0 fully saturated rings. The first-order valence-electron chi connectivity index (χ1n) is 6.01. The zero-order valence-electron chi connectivity index (χ0n) is 11.5. The van der Waals surface area contributed by atoms with E-state index >= 15 is 0 Å². The topological polar surface area (TPSA) is 46.2 Å². The van der Waals surface area contributed by atoms with Gasteiger partial charge in [-0.25, -0.2) is 13.1 Å². The third-order valence-corrected chi connectivity index (χ3v) is 6.34. The van der Waals surface area contributed by atoms with Gasteiger partial charge in [0.05, 0.1) is 4.90 Å². The molecule has 0 atom stereocenters. The molecule has 19 heavy (non-hydrogen) atoms. The minimum Gasteiger partial charge on any atom is -0.211 e. The van der Waals surface area contributed by atoms with E-state index in [-0.39, 0.29) is 10.3 Å². The van der Waals surface area contributed by atoms with Gasteiger partial charge in [-0.05, 0) is 45.5 Å². The fourth-order valence-electron chi connectivity index (χ4n) is 1.26. The fourth-order valence-corrected chi connectivity index (χ4v) is 4.22. The van der Waals surface area contributed by atoms with E-state index in [9.17, 15) is 8.42 Å². The van der Waals surface area contributed by atoms with Crippen molar-refractivity contribution in [3.05, 3.63) is 27.1 Å². The number of halogens is 2. The molecular formula is C13H19Br2NO2S. The van der Waals surface area contributed by atoms with Crippen LogP contribution in [0, 0.1) is 11.3 Å². The quantitative estimate of drug-likeness (QED) is 0.788. The molecule has 0 aromatic heterocycles. The number of benzene rings is 1. The van der Waals surface area contributed by atoms with Crippen LogP contribution < -0.4 is 4.72 Å². The first-order chi connectivity index (χ1) is 8.56. The Hall–Kier alpha value is 0.0900. The van der Waals surface area contributed by atoms with Gasteiger partial charge in [-0.15, -0.1) is 0 Å². The summed E-state index contributed by atoms with van der Waals surface area (Å²) in [6.07, 6.45) is 0. The summed E-state index contributed by atoms with van der Waals surface area (Å²) >= 11 is 6.59. The standard InChI is InChI=1S/C13H19Br2NO2S/c1-9(2)13(3,4)8-16-19(17,18)12-6-5-10(14)7-11(12)15/h5-7,9,16H,8H2,1-4H3. The molecular weight excluding hydrogens is 394 g/mol. The molecule has 1 aromatic rings. The summed E-state index contributed by atoms with van der Waals surface area (Å²) in [6, 6.07) is 5.02. The highest BCUT2D eigenvalue weighted by Gasteiger charge is 2.26. The maximum Gasteiger partial charge on any atom is 0.241 e. The average Bonchev–Trinajstić information content (AvgIpc) is 2.26. The molecule has 0 saturated heterocycles. The molecule has 0 aliphatic carbocycles. The van der Waals surface area contributed by atoms with Gasteiger partial charge < -0.3 is 0 Å². The van der Waals surface area contributed by atoms with E-state index in [1.165, 1.54) is 0 Å². The lowest BCUT2D eigenvalue weighted by Crippen LogP contribution is -2.37. The van der Waals surface area contributed by atoms with Crippen LogP contribution in [0.1, 0.15) is 27.7 Å². The minimum absolute atomic E-state index is 0.0884. The van der Waals surface area contributed by atoms with E-state index < -0.39 is 10.0 Å². The van der Waals surface area contributed by atoms with Gasteiger partial charge in [0.15, 0.2) is 0 Å². The van der Waals surface area contributed by atoms with Gasteiger partial charge in [-0.1, -0.05) is 43.6 Å². The highest BCUT2D eigenvalue weighted by atomic mass is 79.9. The Balaban J connectivity index is 2.94. The first-order valence-corrected chi connectivity index (χ1v) is 9.08. The summed E-state index contributed by atoms with van der Waals surface area (Å²) < 4.78 is 28.6. The summed E-state index contributed by atoms with van der Waals surface area (Å²) in [7, 11) is -3.49. The lowest BCUT2D eigenvalue weighted by molar-refractivity contribution is 0.252. The molecule has 0 bridgehead atoms. The lowest BCUT2D eigenvalue weighted by atomic mass is 9.81. The molecule has 108 valence electrons. The predicted molar refractivity (Wildman–Crippen MR) is 85.6 cm³/mol. The molecule has 0 unspecified atom stereocenters. The summed E-state index contributed by atoms with van der Waals surface area (Å²) in [5, 5.41) is 0. The summed E-state index contributed by atoms with van der Waals surface area (Å²) in [4.78, 5) is 0.259. The van der Waals surface area contributed by atoms with Crippen molar-refractivity contribution >= 4 is 41.9 Å². The maximum atomic E-state index is 12.3.